The molecule has 0 aromatic carbocycles. The van der Waals surface area contributed by atoms with Crippen LogP contribution in [0.5, 0.6) is 0 Å². The molecule has 0 bridgehead atoms. The lowest BCUT2D eigenvalue weighted by Crippen LogP contribution is -2.45. The Morgan fingerprint density at radius 3 is 1.50 bits per heavy atom. The van der Waals surface area contributed by atoms with Gasteiger partial charge in [0.25, 0.3) is 0 Å². The summed E-state index contributed by atoms with van der Waals surface area (Å²) in [5.74, 6) is 1.94. The molecule has 1 heteroatoms. The van der Waals surface area contributed by atoms with Crippen molar-refractivity contribution in [2.75, 3.05) is 0 Å². The van der Waals surface area contributed by atoms with E-state index >= 15 is 0 Å². The van der Waals surface area contributed by atoms with Crippen LogP contribution in [0.1, 0.15) is 74.7 Å². The molecule has 3 atom stereocenters. The Labute approximate surface area is 114 Å². The fourth-order valence-corrected chi connectivity index (χ4v) is 3.81. The quantitative estimate of drug-likeness (QED) is 0.707. The van der Waals surface area contributed by atoms with E-state index in [-0.39, 0.29) is 0 Å². The van der Waals surface area contributed by atoms with E-state index in [9.17, 15) is 5.11 Å². The predicted molar refractivity (Wildman–Crippen MR) is 79.5 cm³/mol. The van der Waals surface area contributed by atoms with E-state index in [4.69, 9.17) is 0 Å². The van der Waals surface area contributed by atoms with Crippen molar-refractivity contribution in [3.05, 3.63) is 0 Å². The van der Waals surface area contributed by atoms with Crippen molar-refractivity contribution in [3.8, 4) is 0 Å². The summed E-state index contributed by atoms with van der Waals surface area (Å²) in [7, 11) is 0. The molecule has 18 heavy (non-hydrogen) atoms. The van der Waals surface area contributed by atoms with Gasteiger partial charge in [-0.2, -0.15) is 0 Å². The second-order valence-corrected chi connectivity index (χ2v) is 9.11. The molecule has 1 nitrogen and oxygen atoms in total. The smallest absolute Gasteiger partial charge is 0.0619 e. The monoisotopic (exact) mass is 254 g/mol. The second kappa shape index (κ2) is 4.81. The maximum Gasteiger partial charge on any atom is 0.0619 e. The summed E-state index contributed by atoms with van der Waals surface area (Å²) in [6.45, 7) is 18.2. The van der Waals surface area contributed by atoms with Gasteiger partial charge in [0.2, 0.25) is 0 Å². The summed E-state index contributed by atoms with van der Waals surface area (Å²) in [4.78, 5) is 0. The van der Waals surface area contributed by atoms with Crippen LogP contribution in [-0.2, 0) is 0 Å². The fourth-order valence-electron chi connectivity index (χ4n) is 3.81. The molecule has 0 aromatic rings. The lowest BCUT2D eigenvalue weighted by atomic mass is 9.55. The van der Waals surface area contributed by atoms with E-state index in [0.29, 0.717) is 22.7 Å². The van der Waals surface area contributed by atoms with Gasteiger partial charge in [-0.15, -0.1) is 0 Å². The number of hydrogen-bond acceptors (Lipinski definition) is 1. The Bertz CT molecular complexity index is 271. The van der Waals surface area contributed by atoms with Gasteiger partial charge in [0.1, 0.15) is 0 Å². The third-order valence-corrected chi connectivity index (χ3v) is 5.07. The molecule has 1 rings (SSSR count). The molecule has 1 fully saturated rings. The van der Waals surface area contributed by atoms with E-state index in [2.05, 4.69) is 41.5 Å². The van der Waals surface area contributed by atoms with Gasteiger partial charge in [-0.1, -0.05) is 41.5 Å². The van der Waals surface area contributed by atoms with E-state index in [1.165, 1.54) is 19.3 Å². The zero-order valence-electron chi connectivity index (χ0n) is 13.8. The van der Waals surface area contributed by atoms with E-state index < -0.39 is 5.60 Å². The van der Waals surface area contributed by atoms with Gasteiger partial charge in [-0.05, 0) is 61.7 Å². The Hall–Kier alpha value is -0.0400. The van der Waals surface area contributed by atoms with Gasteiger partial charge in [-0.25, -0.2) is 0 Å². The highest BCUT2D eigenvalue weighted by Crippen LogP contribution is 2.52. The molecule has 1 aliphatic carbocycles. The van der Waals surface area contributed by atoms with Crippen molar-refractivity contribution >= 4 is 0 Å². The third-order valence-electron chi connectivity index (χ3n) is 5.07. The van der Waals surface area contributed by atoms with Crippen LogP contribution in [0.25, 0.3) is 0 Å². The summed E-state index contributed by atoms with van der Waals surface area (Å²) in [6, 6.07) is 0. The molecular formula is C17H34O. The highest BCUT2D eigenvalue weighted by atomic mass is 16.3. The lowest BCUT2D eigenvalue weighted by Gasteiger charge is -2.50. The third kappa shape index (κ3) is 3.73. The summed E-state index contributed by atoms with van der Waals surface area (Å²) in [5, 5.41) is 10.3. The molecule has 1 aliphatic rings. The largest absolute Gasteiger partial charge is 0.390 e. The minimum atomic E-state index is -0.521. The molecule has 0 radical (unpaired) electrons. The SMILES string of the molecule is CC(C)(C)C1CCC(C(C)(C)O)CC1C(C)(C)C. The Morgan fingerprint density at radius 2 is 1.17 bits per heavy atom. The number of rotatable bonds is 1. The summed E-state index contributed by atoms with van der Waals surface area (Å²) < 4.78 is 0. The van der Waals surface area contributed by atoms with E-state index in [1.807, 2.05) is 13.8 Å². The first kappa shape index (κ1) is 16.0. The van der Waals surface area contributed by atoms with E-state index in [0.717, 1.165) is 5.92 Å². The first-order valence-corrected chi connectivity index (χ1v) is 7.56. The molecule has 0 saturated heterocycles. The number of hydrogen-bond donors (Lipinski definition) is 1. The lowest BCUT2D eigenvalue weighted by molar-refractivity contribution is -0.0609. The first-order valence-electron chi connectivity index (χ1n) is 7.56. The predicted octanol–water partition coefficient (Wildman–Crippen LogP) is 4.88. The molecule has 1 N–H and O–H groups in total. The zero-order valence-corrected chi connectivity index (χ0v) is 13.8. The van der Waals surface area contributed by atoms with Crippen LogP contribution in [0.2, 0.25) is 0 Å². The van der Waals surface area contributed by atoms with Crippen molar-refractivity contribution < 1.29 is 5.11 Å². The Kier molecular flexibility index (Phi) is 4.28. The van der Waals surface area contributed by atoms with Crippen LogP contribution in [0.15, 0.2) is 0 Å². The Balaban J connectivity index is 2.94. The molecule has 0 aromatic heterocycles. The van der Waals surface area contributed by atoms with Crippen LogP contribution in [0.3, 0.4) is 0 Å². The molecular weight excluding hydrogens is 220 g/mol. The summed E-state index contributed by atoms with van der Waals surface area (Å²) in [5.41, 5.74) is 0.191. The molecule has 0 amide bonds. The standard InChI is InChI=1S/C17H34O/c1-15(2,3)13-10-9-12(17(7,8)18)11-14(13)16(4,5)6/h12-14,18H,9-11H2,1-8H3. The van der Waals surface area contributed by atoms with Crippen LogP contribution in [0.4, 0.5) is 0 Å². The van der Waals surface area contributed by atoms with Gasteiger partial charge in [0, 0.05) is 0 Å². The average molecular weight is 254 g/mol. The number of aliphatic hydroxyl groups is 1. The summed E-state index contributed by atoms with van der Waals surface area (Å²) in [6.07, 6.45) is 3.62. The van der Waals surface area contributed by atoms with Crippen LogP contribution in [0, 0.1) is 28.6 Å². The first-order chi connectivity index (χ1) is 7.83. The van der Waals surface area contributed by atoms with Crippen molar-refractivity contribution in [1.82, 2.24) is 0 Å². The zero-order chi connectivity index (χ0) is 14.4. The average Bonchev–Trinajstić information content (AvgIpc) is 2.12. The van der Waals surface area contributed by atoms with Crippen LogP contribution >= 0.6 is 0 Å². The topological polar surface area (TPSA) is 20.2 Å². The van der Waals surface area contributed by atoms with Crippen molar-refractivity contribution in [2.24, 2.45) is 28.6 Å². The molecule has 1 saturated carbocycles. The summed E-state index contributed by atoms with van der Waals surface area (Å²) >= 11 is 0. The van der Waals surface area contributed by atoms with Gasteiger partial charge in [0.15, 0.2) is 0 Å². The van der Waals surface area contributed by atoms with Gasteiger partial charge < -0.3 is 5.11 Å². The van der Waals surface area contributed by atoms with Crippen molar-refractivity contribution in [3.63, 3.8) is 0 Å². The van der Waals surface area contributed by atoms with Crippen LogP contribution in [-0.4, -0.2) is 10.7 Å². The van der Waals surface area contributed by atoms with Gasteiger partial charge >= 0.3 is 0 Å². The van der Waals surface area contributed by atoms with Crippen LogP contribution < -0.4 is 0 Å². The van der Waals surface area contributed by atoms with Gasteiger partial charge in [0.05, 0.1) is 5.60 Å². The maximum atomic E-state index is 10.3. The highest BCUT2D eigenvalue weighted by Gasteiger charge is 2.45. The molecule has 0 aliphatic heterocycles. The molecule has 3 unspecified atom stereocenters. The molecule has 108 valence electrons. The minimum absolute atomic E-state index is 0.335. The second-order valence-electron chi connectivity index (χ2n) is 9.11. The van der Waals surface area contributed by atoms with Gasteiger partial charge in [-0.3, -0.25) is 0 Å². The Morgan fingerprint density at radius 1 is 0.722 bits per heavy atom. The van der Waals surface area contributed by atoms with Crippen molar-refractivity contribution in [1.29, 1.82) is 0 Å². The maximum absolute atomic E-state index is 10.3. The highest BCUT2D eigenvalue weighted by molar-refractivity contribution is 4.95. The van der Waals surface area contributed by atoms with E-state index in [1.54, 1.807) is 0 Å². The van der Waals surface area contributed by atoms with Crippen molar-refractivity contribution in [2.45, 2.75) is 80.3 Å². The minimum Gasteiger partial charge on any atom is -0.390 e. The fraction of sp³-hybridized carbons (Fsp3) is 1.00. The molecule has 0 heterocycles. The molecule has 0 spiro atoms. The normalized spacial score (nSPS) is 31.5.